The Morgan fingerprint density at radius 2 is 2.09 bits per heavy atom. The van der Waals surface area contributed by atoms with Crippen molar-refractivity contribution in [3.8, 4) is 5.88 Å². The summed E-state index contributed by atoms with van der Waals surface area (Å²) in [5.41, 5.74) is 3.24. The summed E-state index contributed by atoms with van der Waals surface area (Å²) < 4.78 is 6.38. The molecule has 3 atom stereocenters. The van der Waals surface area contributed by atoms with Crippen molar-refractivity contribution in [2.24, 2.45) is 5.41 Å². The zero-order valence-corrected chi connectivity index (χ0v) is 20.8. The highest BCUT2D eigenvalue weighted by Crippen LogP contribution is 2.48. The van der Waals surface area contributed by atoms with Crippen molar-refractivity contribution in [2.75, 3.05) is 6.54 Å². The van der Waals surface area contributed by atoms with Gasteiger partial charge in [0.2, 0.25) is 11.8 Å². The van der Waals surface area contributed by atoms with Crippen LogP contribution in [-0.2, 0) is 17.6 Å². The number of aliphatic hydroxyl groups is 1. The molecule has 0 aromatic carbocycles. The predicted molar refractivity (Wildman–Crippen MR) is 132 cm³/mol. The molecule has 1 saturated carbocycles. The van der Waals surface area contributed by atoms with Gasteiger partial charge < -0.3 is 20.5 Å². The molecule has 2 aliphatic rings. The maximum Gasteiger partial charge on any atom is 0.218 e. The van der Waals surface area contributed by atoms with Crippen LogP contribution in [0, 0.1) is 5.41 Å². The lowest BCUT2D eigenvalue weighted by Gasteiger charge is -2.47. The van der Waals surface area contributed by atoms with E-state index in [1.807, 2.05) is 18.3 Å². The molecule has 1 aliphatic heterocycles. The van der Waals surface area contributed by atoms with Gasteiger partial charge in [0.25, 0.3) is 0 Å². The Hall–Kier alpha value is -2.51. The Kier molecular flexibility index (Phi) is 7.24. The minimum Gasteiger partial charge on any atom is -0.471 e. The van der Waals surface area contributed by atoms with Crippen molar-refractivity contribution >= 4 is 5.91 Å². The van der Waals surface area contributed by atoms with E-state index in [2.05, 4.69) is 42.5 Å². The third kappa shape index (κ3) is 6.13. The lowest BCUT2D eigenvalue weighted by Crippen LogP contribution is -2.52. The van der Waals surface area contributed by atoms with E-state index in [0.717, 1.165) is 36.8 Å². The summed E-state index contributed by atoms with van der Waals surface area (Å²) in [6.07, 6.45) is 10.2. The van der Waals surface area contributed by atoms with Gasteiger partial charge in [0.15, 0.2) is 0 Å². The van der Waals surface area contributed by atoms with Gasteiger partial charge in [0.05, 0.1) is 12.1 Å². The van der Waals surface area contributed by atoms with E-state index in [9.17, 15) is 9.90 Å². The molecule has 4 rings (SSSR count). The summed E-state index contributed by atoms with van der Waals surface area (Å²) in [4.78, 5) is 20.7. The fourth-order valence-electron chi connectivity index (χ4n) is 5.07. The molecular formula is C27H38N4O3. The van der Waals surface area contributed by atoms with Crippen LogP contribution in [0.1, 0.15) is 76.1 Å². The van der Waals surface area contributed by atoms with E-state index in [4.69, 9.17) is 9.72 Å². The van der Waals surface area contributed by atoms with Gasteiger partial charge in [-0.15, -0.1) is 0 Å². The Morgan fingerprint density at radius 1 is 1.29 bits per heavy atom. The maximum atomic E-state index is 11.8. The highest BCUT2D eigenvalue weighted by atomic mass is 16.5. The van der Waals surface area contributed by atoms with E-state index in [1.165, 1.54) is 18.9 Å². The second-order valence-corrected chi connectivity index (χ2v) is 11.2. The van der Waals surface area contributed by atoms with Crippen molar-refractivity contribution in [3.63, 3.8) is 0 Å². The van der Waals surface area contributed by atoms with Gasteiger partial charge in [0, 0.05) is 50.1 Å². The Morgan fingerprint density at radius 3 is 2.71 bits per heavy atom. The van der Waals surface area contributed by atoms with Crippen molar-refractivity contribution in [1.82, 2.24) is 20.6 Å². The predicted octanol–water partition coefficient (Wildman–Crippen LogP) is 3.51. The van der Waals surface area contributed by atoms with Crippen LogP contribution in [0.15, 0.2) is 36.8 Å². The molecule has 34 heavy (non-hydrogen) atoms. The first-order chi connectivity index (χ1) is 16.1. The Labute approximate surface area is 202 Å². The quantitative estimate of drug-likeness (QED) is 0.551. The average Bonchev–Trinajstić information content (AvgIpc) is 2.75. The molecule has 0 saturated heterocycles. The number of pyridine rings is 2. The molecule has 184 valence electrons. The number of hydrogen-bond donors (Lipinski definition) is 3. The van der Waals surface area contributed by atoms with Crippen molar-refractivity contribution in [2.45, 2.75) is 90.0 Å². The molecule has 3 N–H and O–H groups in total. The third-order valence-electron chi connectivity index (χ3n) is 6.80. The molecule has 1 amide bonds. The molecule has 2 aromatic rings. The normalized spacial score (nSPS) is 20.6. The molecule has 1 fully saturated rings. The molecule has 7 heteroatoms. The third-order valence-corrected chi connectivity index (χ3v) is 6.80. The lowest BCUT2D eigenvalue weighted by molar-refractivity contribution is -0.120. The number of carbonyl (C=O) groups is 1. The van der Waals surface area contributed by atoms with E-state index >= 15 is 0 Å². The molecule has 1 spiro atoms. The van der Waals surface area contributed by atoms with Crippen LogP contribution >= 0.6 is 0 Å². The summed E-state index contributed by atoms with van der Waals surface area (Å²) in [5.74, 6) is 0.554. The number of hydrogen-bond acceptors (Lipinski definition) is 6. The van der Waals surface area contributed by atoms with Gasteiger partial charge in [-0.3, -0.25) is 9.78 Å². The van der Waals surface area contributed by atoms with Crippen molar-refractivity contribution in [3.05, 3.63) is 53.5 Å². The Balaban J connectivity index is 1.50. The number of aliphatic hydroxyl groups excluding tert-OH is 1. The number of rotatable bonds is 8. The number of nitrogens with one attached hydrogen (secondary N) is 2. The zero-order valence-electron chi connectivity index (χ0n) is 20.8. The molecule has 2 aromatic heterocycles. The van der Waals surface area contributed by atoms with Crippen LogP contribution in [0.2, 0.25) is 0 Å². The van der Waals surface area contributed by atoms with Crippen molar-refractivity contribution in [1.29, 1.82) is 0 Å². The van der Waals surface area contributed by atoms with E-state index in [-0.39, 0.29) is 23.0 Å². The monoisotopic (exact) mass is 466 g/mol. The molecule has 7 nitrogen and oxygen atoms in total. The molecule has 0 radical (unpaired) electrons. The van der Waals surface area contributed by atoms with Gasteiger partial charge in [0.1, 0.15) is 5.60 Å². The first-order valence-electron chi connectivity index (χ1n) is 12.4. The lowest BCUT2D eigenvalue weighted by atomic mass is 9.73. The minimum atomic E-state index is -0.751. The second kappa shape index (κ2) is 10.0. The standard InChI is InChI=1S/C27H38N4O3/c1-18(32)31-22(12-19-7-5-10-28-15-19)24(33)17-29-23-14-27(8-6-9-27)34-25-21(23)11-20(16-30-25)13-26(2,3)4/h5,7,10-11,15-16,22-24,29,33H,6,8-9,12-14,17H2,1-4H3,(H,31,32)/t22-,23-,24-/m0/s1. The van der Waals surface area contributed by atoms with Crippen LogP contribution in [0.5, 0.6) is 5.88 Å². The molecule has 1 aliphatic carbocycles. The topological polar surface area (TPSA) is 96.4 Å². The zero-order chi connectivity index (χ0) is 24.3. The number of nitrogens with zero attached hydrogens (tertiary/aromatic N) is 2. The van der Waals surface area contributed by atoms with E-state index in [0.29, 0.717) is 18.8 Å². The van der Waals surface area contributed by atoms with Gasteiger partial charge in [-0.25, -0.2) is 4.98 Å². The first-order valence-corrected chi connectivity index (χ1v) is 12.4. The molecule has 0 unspecified atom stereocenters. The number of ether oxygens (including phenoxy) is 1. The van der Waals surface area contributed by atoms with Crippen molar-refractivity contribution < 1.29 is 14.6 Å². The number of amides is 1. The molecule has 0 bridgehead atoms. The SMILES string of the molecule is CC(=O)N[C@@H](Cc1cccnc1)[C@@H](O)CN[C@H]1CC2(CCC2)Oc2ncc(CC(C)(C)C)cc21. The minimum absolute atomic E-state index is 0.0440. The smallest absolute Gasteiger partial charge is 0.218 e. The number of carbonyl (C=O) groups excluding carboxylic acids is 1. The van der Waals surface area contributed by atoms with Crippen LogP contribution < -0.4 is 15.4 Å². The fraction of sp³-hybridized carbons (Fsp3) is 0.593. The summed E-state index contributed by atoms with van der Waals surface area (Å²) in [7, 11) is 0. The number of fused-ring (bicyclic) bond motifs is 1. The number of aromatic nitrogens is 2. The summed E-state index contributed by atoms with van der Waals surface area (Å²) >= 11 is 0. The van der Waals surface area contributed by atoms with Gasteiger partial charge in [-0.1, -0.05) is 26.8 Å². The molecule has 3 heterocycles. The van der Waals surface area contributed by atoms with Crippen LogP contribution in [0.4, 0.5) is 0 Å². The second-order valence-electron chi connectivity index (χ2n) is 11.2. The van der Waals surface area contributed by atoms with E-state index < -0.39 is 12.1 Å². The molecular weight excluding hydrogens is 428 g/mol. The Bertz CT molecular complexity index is 985. The largest absolute Gasteiger partial charge is 0.471 e. The van der Waals surface area contributed by atoms with Gasteiger partial charge in [-0.05, 0) is 60.8 Å². The van der Waals surface area contributed by atoms with Gasteiger partial charge >= 0.3 is 0 Å². The van der Waals surface area contributed by atoms with Crippen LogP contribution in [0.25, 0.3) is 0 Å². The van der Waals surface area contributed by atoms with E-state index in [1.54, 1.807) is 12.4 Å². The van der Waals surface area contributed by atoms with Crippen LogP contribution in [0.3, 0.4) is 0 Å². The summed E-state index contributed by atoms with van der Waals surface area (Å²) in [6, 6.07) is 5.67. The maximum absolute atomic E-state index is 11.8. The fourth-order valence-corrected chi connectivity index (χ4v) is 5.07. The summed E-state index contributed by atoms with van der Waals surface area (Å²) in [5, 5.41) is 17.6. The van der Waals surface area contributed by atoms with Crippen LogP contribution in [-0.4, -0.2) is 45.3 Å². The average molecular weight is 467 g/mol. The van der Waals surface area contributed by atoms with Gasteiger partial charge in [-0.2, -0.15) is 0 Å². The first kappa shape index (κ1) is 24.6. The highest BCUT2D eigenvalue weighted by Gasteiger charge is 2.46. The highest BCUT2D eigenvalue weighted by molar-refractivity contribution is 5.73. The summed E-state index contributed by atoms with van der Waals surface area (Å²) in [6.45, 7) is 8.51.